The van der Waals surface area contributed by atoms with Gasteiger partial charge in [-0.1, -0.05) is 23.8 Å². The molecule has 20 heavy (non-hydrogen) atoms. The van der Waals surface area contributed by atoms with E-state index in [0.717, 1.165) is 0 Å². The van der Waals surface area contributed by atoms with Crippen molar-refractivity contribution in [3.8, 4) is 11.1 Å². The molecular weight excluding hydrogens is 244 g/mol. The van der Waals surface area contributed by atoms with Gasteiger partial charge in [0.05, 0.1) is 7.05 Å². The van der Waals surface area contributed by atoms with Crippen LogP contribution in [-0.4, -0.2) is 4.98 Å². The highest BCUT2D eigenvalue weighted by molar-refractivity contribution is 5.92. The van der Waals surface area contributed by atoms with Gasteiger partial charge in [-0.15, -0.1) is 0 Å². The molecule has 0 saturated heterocycles. The fourth-order valence-electron chi connectivity index (χ4n) is 3.21. The van der Waals surface area contributed by atoms with Gasteiger partial charge in [0.25, 0.3) is 5.82 Å². The largest absolute Gasteiger partial charge is 0.251 e. The summed E-state index contributed by atoms with van der Waals surface area (Å²) in [6, 6.07) is 11.0. The number of para-hydroxylation sites is 1. The summed E-state index contributed by atoms with van der Waals surface area (Å²) in [4.78, 5) is 3.53. The topological polar surface area (TPSA) is 19.7 Å². The smallest absolute Gasteiger partial charge is 0.241 e. The van der Waals surface area contributed by atoms with Crippen LogP contribution in [0, 0.1) is 27.7 Å². The lowest BCUT2D eigenvalue weighted by Crippen LogP contribution is -2.29. The summed E-state index contributed by atoms with van der Waals surface area (Å²) >= 11 is 0. The van der Waals surface area contributed by atoms with E-state index in [4.69, 9.17) is 0 Å². The first-order valence-corrected chi connectivity index (χ1v) is 7.04. The van der Waals surface area contributed by atoms with Crippen LogP contribution in [-0.2, 0) is 7.05 Å². The van der Waals surface area contributed by atoms with Crippen LogP contribution in [0.5, 0.6) is 0 Å². The average molecular weight is 265 g/mol. The third-order valence-corrected chi connectivity index (χ3v) is 4.16. The molecule has 0 atom stereocenters. The number of aryl methyl sites for hydroxylation is 5. The minimum Gasteiger partial charge on any atom is -0.241 e. The van der Waals surface area contributed by atoms with Crippen molar-refractivity contribution in [2.24, 2.45) is 7.05 Å². The molecule has 1 heterocycles. The van der Waals surface area contributed by atoms with E-state index in [-0.39, 0.29) is 0 Å². The first-order chi connectivity index (χ1) is 9.49. The van der Waals surface area contributed by atoms with Gasteiger partial charge in [-0.3, -0.25) is 0 Å². The highest BCUT2D eigenvalue weighted by Crippen LogP contribution is 2.32. The normalized spacial score (nSPS) is 11.2. The molecule has 2 aromatic carbocycles. The molecule has 0 aliphatic heterocycles. The highest BCUT2D eigenvalue weighted by Gasteiger charge is 2.18. The molecule has 0 spiro atoms. The van der Waals surface area contributed by atoms with Gasteiger partial charge in [0.15, 0.2) is 11.0 Å². The Hall–Kier alpha value is -2.09. The Kier molecular flexibility index (Phi) is 2.89. The van der Waals surface area contributed by atoms with Crippen molar-refractivity contribution in [1.82, 2.24) is 4.98 Å². The summed E-state index contributed by atoms with van der Waals surface area (Å²) in [6.07, 6.45) is 0. The van der Waals surface area contributed by atoms with Crippen molar-refractivity contribution >= 4 is 11.0 Å². The Morgan fingerprint density at radius 3 is 2.25 bits per heavy atom. The predicted molar refractivity (Wildman–Crippen MR) is 83.9 cm³/mol. The number of imidazole rings is 1. The summed E-state index contributed by atoms with van der Waals surface area (Å²) in [5.74, 6) is 1.18. The second-order valence-corrected chi connectivity index (χ2v) is 5.74. The number of hydrogen-bond donors (Lipinski definition) is 1. The lowest BCUT2D eigenvalue weighted by atomic mass is 9.93. The van der Waals surface area contributed by atoms with Crippen molar-refractivity contribution in [2.45, 2.75) is 27.7 Å². The summed E-state index contributed by atoms with van der Waals surface area (Å²) in [5.41, 5.74) is 9.12. The van der Waals surface area contributed by atoms with Gasteiger partial charge < -0.3 is 0 Å². The zero-order valence-corrected chi connectivity index (χ0v) is 12.8. The van der Waals surface area contributed by atoms with Crippen LogP contribution in [0.1, 0.15) is 22.5 Å². The zero-order valence-electron chi connectivity index (χ0n) is 12.8. The van der Waals surface area contributed by atoms with Crippen LogP contribution in [0.25, 0.3) is 22.2 Å². The monoisotopic (exact) mass is 265 g/mol. The third kappa shape index (κ3) is 1.83. The van der Waals surface area contributed by atoms with Crippen molar-refractivity contribution in [3.63, 3.8) is 0 Å². The Bertz CT molecular complexity index is 787. The first-order valence-electron chi connectivity index (χ1n) is 7.04. The molecule has 0 saturated carbocycles. The summed E-state index contributed by atoms with van der Waals surface area (Å²) in [7, 11) is 2.10. The number of benzene rings is 2. The number of rotatable bonds is 1. The number of fused-ring (bicyclic) bond motifs is 1. The van der Waals surface area contributed by atoms with Crippen LogP contribution in [0.4, 0.5) is 0 Å². The fraction of sp³-hybridized carbons (Fsp3) is 0.278. The molecule has 102 valence electrons. The summed E-state index contributed by atoms with van der Waals surface area (Å²) < 4.78 is 2.21. The first kappa shape index (κ1) is 12.9. The maximum atomic E-state index is 3.53. The van der Waals surface area contributed by atoms with E-state index in [1.54, 1.807) is 0 Å². The second-order valence-electron chi connectivity index (χ2n) is 5.74. The molecule has 2 nitrogen and oxygen atoms in total. The number of nitrogens with one attached hydrogen (secondary N) is 1. The van der Waals surface area contributed by atoms with Crippen LogP contribution < -0.4 is 4.57 Å². The standard InChI is InChI=1S/C18H20N2/c1-11-9-12(2)17(13(3)10-11)15-7-6-8-16-18(15)19-14(4)20(16)5/h6-10H,1-5H3/p+1. The molecular formula is C18H21N2+. The molecule has 0 amide bonds. The minimum absolute atomic E-state index is 1.18. The number of hydrogen-bond acceptors (Lipinski definition) is 0. The molecule has 0 aliphatic carbocycles. The molecule has 2 heteroatoms. The molecule has 0 fully saturated rings. The van der Waals surface area contributed by atoms with Crippen LogP contribution in [0.3, 0.4) is 0 Å². The number of nitrogens with zero attached hydrogens (tertiary/aromatic N) is 1. The minimum atomic E-state index is 1.18. The molecule has 0 bridgehead atoms. The Labute approximate surface area is 120 Å². The Morgan fingerprint density at radius 2 is 1.60 bits per heavy atom. The molecule has 0 unspecified atom stereocenters. The lowest BCUT2D eigenvalue weighted by Gasteiger charge is -2.11. The Balaban J connectivity index is 2.39. The van der Waals surface area contributed by atoms with Gasteiger partial charge >= 0.3 is 0 Å². The van der Waals surface area contributed by atoms with E-state index >= 15 is 0 Å². The van der Waals surface area contributed by atoms with E-state index in [1.807, 2.05) is 0 Å². The summed E-state index contributed by atoms with van der Waals surface area (Å²) in [6.45, 7) is 8.66. The van der Waals surface area contributed by atoms with E-state index in [1.165, 1.54) is 44.7 Å². The van der Waals surface area contributed by atoms with E-state index in [0.29, 0.717) is 0 Å². The highest BCUT2D eigenvalue weighted by atomic mass is 15.0. The maximum absolute atomic E-state index is 3.53. The summed E-state index contributed by atoms with van der Waals surface area (Å²) in [5, 5.41) is 0. The number of aromatic amines is 1. The SMILES string of the molecule is Cc1cc(C)c(-c2cccc3c2[nH]c(C)[n+]3C)c(C)c1. The molecule has 1 aromatic heterocycles. The number of aromatic nitrogens is 2. The van der Waals surface area contributed by atoms with Crippen LogP contribution >= 0.6 is 0 Å². The van der Waals surface area contributed by atoms with Gasteiger partial charge in [0, 0.05) is 12.5 Å². The van der Waals surface area contributed by atoms with Gasteiger partial charge in [-0.05, 0) is 49.6 Å². The van der Waals surface area contributed by atoms with E-state index in [9.17, 15) is 0 Å². The third-order valence-electron chi connectivity index (χ3n) is 4.16. The van der Waals surface area contributed by atoms with Gasteiger partial charge in [0.1, 0.15) is 0 Å². The van der Waals surface area contributed by atoms with Gasteiger partial charge in [-0.25, -0.2) is 9.55 Å². The molecule has 0 radical (unpaired) electrons. The van der Waals surface area contributed by atoms with Crippen molar-refractivity contribution in [1.29, 1.82) is 0 Å². The maximum Gasteiger partial charge on any atom is 0.251 e. The Morgan fingerprint density at radius 1 is 0.950 bits per heavy atom. The molecule has 0 aliphatic rings. The molecule has 3 aromatic rings. The quantitative estimate of drug-likeness (QED) is 0.644. The van der Waals surface area contributed by atoms with Crippen molar-refractivity contribution < 1.29 is 4.57 Å². The van der Waals surface area contributed by atoms with Crippen molar-refractivity contribution in [3.05, 3.63) is 52.8 Å². The molecule has 3 rings (SSSR count). The van der Waals surface area contributed by atoms with E-state index in [2.05, 4.69) is 74.6 Å². The zero-order chi connectivity index (χ0) is 14.4. The second kappa shape index (κ2) is 4.48. The predicted octanol–water partition coefficient (Wildman–Crippen LogP) is 3.89. The average Bonchev–Trinajstić information content (AvgIpc) is 2.66. The van der Waals surface area contributed by atoms with Crippen LogP contribution in [0.15, 0.2) is 30.3 Å². The van der Waals surface area contributed by atoms with Gasteiger partial charge in [0.2, 0.25) is 0 Å². The lowest BCUT2D eigenvalue weighted by molar-refractivity contribution is -0.651. The van der Waals surface area contributed by atoms with Crippen molar-refractivity contribution in [2.75, 3.05) is 0 Å². The van der Waals surface area contributed by atoms with Crippen LogP contribution in [0.2, 0.25) is 0 Å². The number of H-pyrrole nitrogens is 1. The fourth-order valence-corrected chi connectivity index (χ4v) is 3.21. The van der Waals surface area contributed by atoms with Gasteiger partial charge in [-0.2, -0.15) is 0 Å². The van der Waals surface area contributed by atoms with E-state index < -0.39 is 0 Å². The molecule has 1 N–H and O–H groups in total.